The first-order valence-corrected chi connectivity index (χ1v) is 6.84. The second-order valence-corrected chi connectivity index (χ2v) is 4.98. The summed E-state index contributed by atoms with van der Waals surface area (Å²) in [6.07, 6.45) is 3.09. The van der Waals surface area contributed by atoms with Crippen LogP contribution in [0.15, 0.2) is 36.5 Å². The number of hydrogen-bond donors (Lipinski definition) is 0. The molecule has 0 spiro atoms. The maximum Gasteiger partial charge on any atom is 0.115 e. The summed E-state index contributed by atoms with van der Waals surface area (Å²) in [6.45, 7) is 2.97. The smallest absolute Gasteiger partial charge is 0.115 e. The number of nitrogens with zero attached hydrogens (tertiary/aromatic N) is 1. The second-order valence-electron chi connectivity index (χ2n) is 3.58. The van der Waals surface area contributed by atoms with E-state index in [-0.39, 0.29) is 0 Å². The van der Waals surface area contributed by atoms with E-state index < -0.39 is 0 Å². The maximum absolute atomic E-state index is 5.71. The van der Waals surface area contributed by atoms with E-state index >= 15 is 0 Å². The van der Waals surface area contributed by atoms with E-state index in [0.29, 0.717) is 0 Å². The summed E-state index contributed by atoms with van der Waals surface area (Å²) in [5.41, 5.74) is 1.14. The van der Waals surface area contributed by atoms with Crippen molar-refractivity contribution in [2.75, 3.05) is 18.1 Å². The number of benzene rings is 1. The van der Waals surface area contributed by atoms with Crippen LogP contribution in [0.2, 0.25) is 0 Å². The first-order chi connectivity index (χ1) is 7.92. The van der Waals surface area contributed by atoms with Crippen LogP contribution in [0.3, 0.4) is 0 Å². The van der Waals surface area contributed by atoms with E-state index in [0.717, 1.165) is 18.5 Å². The molecule has 1 aromatic heterocycles. The molecule has 0 radical (unpaired) electrons. The molecule has 1 heterocycles. The molecule has 3 heteroatoms. The van der Waals surface area contributed by atoms with Crippen molar-refractivity contribution < 1.29 is 4.84 Å². The van der Waals surface area contributed by atoms with E-state index in [1.54, 1.807) is 0 Å². The van der Waals surface area contributed by atoms with E-state index in [4.69, 9.17) is 4.84 Å². The molecule has 0 aliphatic rings. The van der Waals surface area contributed by atoms with Gasteiger partial charge in [0.1, 0.15) is 6.61 Å². The van der Waals surface area contributed by atoms with Gasteiger partial charge in [0.2, 0.25) is 0 Å². The zero-order valence-corrected chi connectivity index (χ0v) is 10.4. The summed E-state index contributed by atoms with van der Waals surface area (Å²) >= 11 is 1.96. The van der Waals surface area contributed by atoms with Gasteiger partial charge in [0.05, 0.1) is 5.52 Å². The van der Waals surface area contributed by atoms with Crippen LogP contribution in [0.25, 0.3) is 10.9 Å². The second kappa shape index (κ2) is 5.85. The van der Waals surface area contributed by atoms with Crippen molar-refractivity contribution in [3.63, 3.8) is 0 Å². The topological polar surface area (TPSA) is 14.2 Å². The van der Waals surface area contributed by atoms with Crippen molar-refractivity contribution in [2.24, 2.45) is 0 Å². The van der Waals surface area contributed by atoms with Crippen LogP contribution in [0, 0.1) is 0 Å². The fourth-order valence-electron chi connectivity index (χ4n) is 1.64. The molecule has 2 aromatic rings. The lowest BCUT2D eigenvalue weighted by atomic mass is 10.3. The van der Waals surface area contributed by atoms with Gasteiger partial charge in [0.15, 0.2) is 0 Å². The third-order valence-electron chi connectivity index (χ3n) is 2.43. The predicted molar refractivity (Wildman–Crippen MR) is 71.0 cm³/mol. The molecule has 0 N–H and O–H groups in total. The Morgan fingerprint density at radius 3 is 3.00 bits per heavy atom. The molecule has 0 fully saturated rings. The fourth-order valence-corrected chi connectivity index (χ4v) is 2.25. The van der Waals surface area contributed by atoms with Gasteiger partial charge >= 0.3 is 0 Å². The third kappa shape index (κ3) is 2.73. The molecule has 0 unspecified atom stereocenters. The monoisotopic (exact) mass is 235 g/mol. The Balaban J connectivity index is 1.89. The van der Waals surface area contributed by atoms with Crippen LogP contribution in [0.1, 0.15) is 13.3 Å². The predicted octanol–water partition coefficient (Wildman–Crippen LogP) is 3.21. The maximum atomic E-state index is 5.71. The molecule has 0 bridgehead atoms. The Morgan fingerprint density at radius 1 is 1.25 bits per heavy atom. The number of rotatable bonds is 6. The van der Waals surface area contributed by atoms with E-state index in [1.165, 1.54) is 16.9 Å². The van der Waals surface area contributed by atoms with Crippen LogP contribution >= 0.6 is 11.8 Å². The summed E-state index contributed by atoms with van der Waals surface area (Å²) in [5, 5.41) is 1.23. The Kier molecular flexibility index (Phi) is 4.17. The first kappa shape index (κ1) is 11.4. The number of fused-ring (bicyclic) bond motifs is 1. The van der Waals surface area contributed by atoms with Gasteiger partial charge < -0.3 is 4.84 Å². The van der Waals surface area contributed by atoms with E-state index in [2.05, 4.69) is 25.1 Å². The molecular formula is C13H17NOS. The highest BCUT2D eigenvalue weighted by atomic mass is 32.2. The summed E-state index contributed by atoms with van der Waals surface area (Å²) in [7, 11) is 0. The lowest BCUT2D eigenvalue weighted by Crippen LogP contribution is -2.11. The van der Waals surface area contributed by atoms with Crippen molar-refractivity contribution in [3.8, 4) is 0 Å². The van der Waals surface area contributed by atoms with Crippen molar-refractivity contribution in [1.82, 2.24) is 4.73 Å². The molecular weight excluding hydrogens is 218 g/mol. The highest BCUT2D eigenvalue weighted by Crippen LogP contribution is 2.13. The molecule has 0 aliphatic heterocycles. The minimum atomic E-state index is 0.783. The summed E-state index contributed by atoms with van der Waals surface area (Å²) in [5.74, 6) is 2.36. The minimum absolute atomic E-state index is 0.783. The van der Waals surface area contributed by atoms with Gasteiger partial charge in [-0.2, -0.15) is 16.5 Å². The highest BCUT2D eigenvalue weighted by molar-refractivity contribution is 7.99. The number of aromatic nitrogens is 1. The number of thioether (sulfide) groups is 1. The average Bonchev–Trinajstić information content (AvgIpc) is 2.73. The molecule has 86 valence electrons. The van der Waals surface area contributed by atoms with Crippen LogP contribution in [0.5, 0.6) is 0 Å². The summed E-state index contributed by atoms with van der Waals surface area (Å²) < 4.78 is 1.87. The number of hydrogen-bond acceptors (Lipinski definition) is 2. The first-order valence-electron chi connectivity index (χ1n) is 5.69. The van der Waals surface area contributed by atoms with Crippen molar-refractivity contribution in [3.05, 3.63) is 36.5 Å². The fraction of sp³-hybridized carbons (Fsp3) is 0.385. The molecule has 0 atom stereocenters. The standard InChI is InChI=1S/C13H17NOS/c1-2-16-11-5-10-15-14-9-8-12-6-3-4-7-13(12)14/h3-4,6-9H,2,5,10-11H2,1H3. The largest absolute Gasteiger partial charge is 0.414 e. The lowest BCUT2D eigenvalue weighted by Gasteiger charge is -2.07. The Morgan fingerprint density at radius 2 is 2.12 bits per heavy atom. The molecule has 2 nitrogen and oxygen atoms in total. The van der Waals surface area contributed by atoms with Gasteiger partial charge in [-0.1, -0.05) is 25.1 Å². The van der Waals surface area contributed by atoms with Gasteiger partial charge in [0, 0.05) is 11.6 Å². The summed E-state index contributed by atoms with van der Waals surface area (Å²) in [6, 6.07) is 10.3. The zero-order chi connectivity index (χ0) is 11.2. The summed E-state index contributed by atoms with van der Waals surface area (Å²) in [4.78, 5) is 5.71. The molecule has 0 amide bonds. The van der Waals surface area contributed by atoms with Gasteiger partial charge in [-0.15, -0.1) is 0 Å². The van der Waals surface area contributed by atoms with Crippen LogP contribution in [0.4, 0.5) is 0 Å². The molecule has 1 aromatic carbocycles. The normalized spacial score (nSPS) is 10.8. The van der Waals surface area contributed by atoms with Crippen LogP contribution < -0.4 is 4.84 Å². The number of para-hydroxylation sites is 1. The van der Waals surface area contributed by atoms with Crippen molar-refractivity contribution in [1.29, 1.82) is 0 Å². The lowest BCUT2D eigenvalue weighted by molar-refractivity contribution is 0.121. The van der Waals surface area contributed by atoms with Crippen LogP contribution in [-0.2, 0) is 0 Å². The SMILES string of the molecule is CCSCCCOn1ccc2ccccc21. The molecule has 0 saturated heterocycles. The van der Waals surface area contributed by atoms with Crippen molar-refractivity contribution >= 4 is 22.7 Å². The van der Waals surface area contributed by atoms with Gasteiger partial charge in [-0.25, -0.2) is 0 Å². The van der Waals surface area contributed by atoms with Crippen LogP contribution in [-0.4, -0.2) is 22.8 Å². The van der Waals surface area contributed by atoms with E-state index in [9.17, 15) is 0 Å². The molecule has 0 aliphatic carbocycles. The van der Waals surface area contributed by atoms with E-state index in [1.807, 2.05) is 34.8 Å². The Bertz CT molecular complexity index is 438. The average molecular weight is 235 g/mol. The van der Waals surface area contributed by atoms with Gasteiger partial charge in [-0.05, 0) is 30.1 Å². The minimum Gasteiger partial charge on any atom is -0.414 e. The highest BCUT2D eigenvalue weighted by Gasteiger charge is 1.99. The zero-order valence-electron chi connectivity index (χ0n) is 9.56. The Hall–Kier alpha value is -1.09. The quantitative estimate of drug-likeness (QED) is 0.714. The van der Waals surface area contributed by atoms with Gasteiger partial charge in [-0.3, -0.25) is 0 Å². The third-order valence-corrected chi connectivity index (χ3v) is 3.42. The van der Waals surface area contributed by atoms with Gasteiger partial charge in [0.25, 0.3) is 0 Å². The molecule has 16 heavy (non-hydrogen) atoms. The Labute approximate surface area is 101 Å². The van der Waals surface area contributed by atoms with Crippen molar-refractivity contribution in [2.45, 2.75) is 13.3 Å². The molecule has 2 rings (SSSR count). The molecule has 0 saturated carbocycles.